The van der Waals surface area contributed by atoms with Crippen molar-refractivity contribution in [1.82, 2.24) is 9.55 Å². The lowest BCUT2D eigenvalue weighted by Gasteiger charge is -2.11. The van der Waals surface area contributed by atoms with Gasteiger partial charge < -0.3 is 9.88 Å². The summed E-state index contributed by atoms with van der Waals surface area (Å²) in [6, 6.07) is 26.8. The summed E-state index contributed by atoms with van der Waals surface area (Å²) in [5.74, 6) is 0.849. The summed E-state index contributed by atoms with van der Waals surface area (Å²) in [6.45, 7) is 0.778. The predicted molar refractivity (Wildman–Crippen MR) is 103 cm³/mol. The molecule has 1 N–H and O–H groups in total. The van der Waals surface area contributed by atoms with Gasteiger partial charge in [0, 0.05) is 10.2 Å². The van der Waals surface area contributed by atoms with Crippen LogP contribution in [0.5, 0.6) is 0 Å². The van der Waals surface area contributed by atoms with E-state index >= 15 is 0 Å². The molecule has 0 saturated heterocycles. The first-order valence-corrected chi connectivity index (χ1v) is 8.61. The quantitative estimate of drug-likeness (QED) is 0.502. The lowest BCUT2D eigenvalue weighted by atomic mass is 10.2. The van der Waals surface area contributed by atoms with Gasteiger partial charge in [-0.25, -0.2) is 4.98 Å². The minimum atomic E-state index is 0.778. The standard InChI is InChI=1S/C20H16BrN3/c21-16-10-12-17(13-11-16)22-20-23-18-8-4-5-9-19(18)24(20)14-15-6-2-1-3-7-15/h1-13H,14H2,(H,22,23). The van der Waals surface area contributed by atoms with Crippen molar-refractivity contribution < 1.29 is 0 Å². The molecule has 4 rings (SSSR count). The van der Waals surface area contributed by atoms with Gasteiger partial charge in [-0.05, 0) is 42.0 Å². The molecule has 0 aliphatic carbocycles. The SMILES string of the molecule is Brc1ccc(Nc2nc3ccccc3n2Cc2ccccc2)cc1. The summed E-state index contributed by atoms with van der Waals surface area (Å²) in [4.78, 5) is 4.77. The van der Waals surface area contributed by atoms with Crippen LogP contribution < -0.4 is 5.32 Å². The number of imidazole rings is 1. The number of hydrogen-bond donors (Lipinski definition) is 1. The molecule has 4 aromatic rings. The third-order valence-corrected chi connectivity index (χ3v) is 4.47. The predicted octanol–water partition coefficient (Wildman–Crippen LogP) is 5.59. The first-order valence-electron chi connectivity index (χ1n) is 7.81. The maximum Gasteiger partial charge on any atom is 0.208 e. The number of nitrogens with one attached hydrogen (secondary N) is 1. The fraction of sp³-hybridized carbons (Fsp3) is 0.0500. The van der Waals surface area contributed by atoms with Crippen molar-refractivity contribution in [1.29, 1.82) is 0 Å². The van der Waals surface area contributed by atoms with E-state index in [-0.39, 0.29) is 0 Å². The van der Waals surface area contributed by atoms with Crippen molar-refractivity contribution >= 4 is 38.6 Å². The second kappa shape index (κ2) is 6.49. The summed E-state index contributed by atoms with van der Waals surface area (Å²) in [7, 11) is 0. The van der Waals surface area contributed by atoms with Crippen LogP contribution in [-0.2, 0) is 6.54 Å². The molecule has 0 saturated carbocycles. The fourth-order valence-electron chi connectivity index (χ4n) is 2.76. The van der Waals surface area contributed by atoms with Crippen LogP contribution in [0.25, 0.3) is 11.0 Å². The van der Waals surface area contributed by atoms with Crippen LogP contribution in [0.1, 0.15) is 5.56 Å². The van der Waals surface area contributed by atoms with E-state index < -0.39 is 0 Å². The highest BCUT2D eigenvalue weighted by molar-refractivity contribution is 9.10. The Morgan fingerprint density at radius 1 is 0.833 bits per heavy atom. The first kappa shape index (κ1) is 15.0. The van der Waals surface area contributed by atoms with Crippen molar-refractivity contribution in [2.75, 3.05) is 5.32 Å². The number of fused-ring (bicyclic) bond motifs is 1. The van der Waals surface area contributed by atoms with E-state index in [0.29, 0.717) is 0 Å². The number of rotatable bonds is 4. The molecule has 0 amide bonds. The van der Waals surface area contributed by atoms with Gasteiger partial charge in [0.15, 0.2) is 0 Å². The number of halogens is 1. The Kier molecular flexibility index (Phi) is 4.05. The second-order valence-electron chi connectivity index (χ2n) is 5.63. The molecule has 1 aromatic heterocycles. The second-order valence-corrected chi connectivity index (χ2v) is 6.54. The Bertz CT molecular complexity index is 959. The van der Waals surface area contributed by atoms with Gasteiger partial charge >= 0.3 is 0 Å². The Morgan fingerprint density at radius 2 is 1.54 bits per heavy atom. The van der Waals surface area contributed by atoms with Crippen LogP contribution in [0.4, 0.5) is 11.6 Å². The van der Waals surface area contributed by atoms with E-state index in [1.165, 1.54) is 5.56 Å². The molecule has 0 bridgehead atoms. The maximum absolute atomic E-state index is 4.77. The summed E-state index contributed by atoms with van der Waals surface area (Å²) in [5, 5.41) is 3.44. The molecule has 0 aliphatic rings. The van der Waals surface area contributed by atoms with Gasteiger partial charge in [0.05, 0.1) is 17.6 Å². The van der Waals surface area contributed by atoms with Gasteiger partial charge in [-0.3, -0.25) is 0 Å². The van der Waals surface area contributed by atoms with Crippen LogP contribution in [-0.4, -0.2) is 9.55 Å². The van der Waals surface area contributed by atoms with Gasteiger partial charge in [-0.15, -0.1) is 0 Å². The van der Waals surface area contributed by atoms with Crippen molar-refractivity contribution in [3.05, 3.63) is 88.9 Å². The highest BCUT2D eigenvalue weighted by Gasteiger charge is 2.11. The Hall–Kier alpha value is -2.59. The molecule has 24 heavy (non-hydrogen) atoms. The molecule has 0 unspecified atom stereocenters. The Balaban J connectivity index is 1.76. The third-order valence-electron chi connectivity index (χ3n) is 3.94. The molecule has 4 heteroatoms. The topological polar surface area (TPSA) is 29.9 Å². The molecule has 3 nitrogen and oxygen atoms in total. The molecule has 118 valence electrons. The van der Waals surface area contributed by atoms with E-state index in [4.69, 9.17) is 4.98 Å². The van der Waals surface area contributed by atoms with Crippen LogP contribution in [0.3, 0.4) is 0 Å². The number of aromatic nitrogens is 2. The number of benzene rings is 3. The highest BCUT2D eigenvalue weighted by Crippen LogP contribution is 2.24. The van der Waals surface area contributed by atoms with Crippen LogP contribution >= 0.6 is 15.9 Å². The van der Waals surface area contributed by atoms with Crippen molar-refractivity contribution in [2.24, 2.45) is 0 Å². The van der Waals surface area contributed by atoms with E-state index in [1.807, 2.05) is 42.5 Å². The maximum atomic E-state index is 4.77. The van der Waals surface area contributed by atoms with E-state index in [0.717, 1.165) is 33.7 Å². The van der Waals surface area contributed by atoms with Gasteiger partial charge in [0.2, 0.25) is 5.95 Å². The number of para-hydroxylation sites is 2. The van der Waals surface area contributed by atoms with Crippen molar-refractivity contribution in [3.63, 3.8) is 0 Å². The molecular weight excluding hydrogens is 362 g/mol. The zero-order valence-electron chi connectivity index (χ0n) is 13.0. The minimum Gasteiger partial charge on any atom is -0.326 e. The first-order chi connectivity index (χ1) is 11.8. The zero-order chi connectivity index (χ0) is 16.4. The molecule has 0 radical (unpaired) electrons. The van der Waals surface area contributed by atoms with E-state index in [2.05, 4.69) is 62.2 Å². The summed E-state index contributed by atoms with van der Waals surface area (Å²) in [5.41, 5.74) is 4.39. The lowest BCUT2D eigenvalue weighted by molar-refractivity contribution is 0.835. The molecule has 1 heterocycles. The van der Waals surface area contributed by atoms with Gasteiger partial charge in [-0.1, -0.05) is 58.4 Å². The number of hydrogen-bond acceptors (Lipinski definition) is 2. The molecule has 0 atom stereocenters. The molecule has 0 spiro atoms. The van der Waals surface area contributed by atoms with E-state index in [9.17, 15) is 0 Å². The normalized spacial score (nSPS) is 10.9. The zero-order valence-corrected chi connectivity index (χ0v) is 14.6. The minimum absolute atomic E-state index is 0.778. The Labute approximate surface area is 149 Å². The van der Waals surface area contributed by atoms with Gasteiger partial charge in [0.25, 0.3) is 0 Å². The number of nitrogens with zero attached hydrogens (tertiary/aromatic N) is 2. The molecule has 0 fully saturated rings. The summed E-state index contributed by atoms with van der Waals surface area (Å²) >= 11 is 3.47. The molecule has 3 aromatic carbocycles. The van der Waals surface area contributed by atoms with Crippen molar-refractivity contribution in [2.45, 2.75) is 6.54 Å². The Morgan fingerprint density at radius 3 is 2.33 bits per heavy atom. The smallest absolute Gasteiger partial charge is 0.208 e. The number of anilines is 2. The highest BCUT2D eigenvalue weighted by atomic mass is 79.9. The summed E-state index contributed by atoms with van der Waals surface area (Å²) < 4.78 is 3.28. The monoisotopic (exact) mass is 377 g/mol. The van der Waals surface area contributed by atoms with Crippen LogP contribution in [0, 0.1) is 0 Å². The molecular formula is C20H16BrN3. The average Bonchev–Trinajstić information content (AvgIpc) is 2.95. The van der Waals surface area contributed by atoms with E-state index in [1.54, 1.807) is 0 Å². The van der Waals surface area contributed by atoms with Crippen molar-refractivity contribution in [3.8, 4) is 0 Å². The third kappa shape index (κ3) is 3.05. The molecule has 0 aliphatic heterocycles. The average molecular weight is 378 g/mol. The van der Waals surface area contributed by atoms with Crippen LogP contribution in [0.15, 0.2) is 83.3 Å². The van der Waals surface area contributed by atoms with Gasteiger partial charge in [0.1, 0.15) is 0 Å². The van der Waals surface area contributed by atoms with Crippen LogP contribution in [0.2, 0.25) is 0 Å². The largest absolute Gasteiger partial charge is 0.326 e. The fourth-order valence-corrected chi connectivity index (χ4v) is 3.02. The van der Waals surface area contributed by atoms with Gasteiger partial charge in [-0.2, -0.15) is 0 Å². The summed E-state index contributed by atoms with van der Waals surface area (Å²) in [6.07, 6.45) is 0. The lowest BCUT2D eigenvalue weighted by Crippen LogP contribution is -2.05.